The van der Waals surface area contributed by atoms with Gasteiger partial charge in [0.15, 0.2) is 0 Å². The smallest absolute Gasteiger partial charge is 0.398 e. The van der Waals surface area contributed by atoms with E-state index in [-0.39, 0.29) is 28.5 Å². The van der Waals surface area contributed by atoms with E-state index in [1.165, 1.54) is 23.9 Å². The number of hydrogen-bond acceptors (Lipinski definition) is 5. The molecule has 3 N–H and O–H groups in total. The van der Waals surface area contributed by atoms with Crippen LogP contribution in [0.25, 0.3) is 11.3 Å². The predicted molar refractivity (Wildman–Crippen MR) is 167 cm³/mol. The summed E-state index contributed by atoms with van der Waals surface area (Å²) in [5.41, 5.74) is 8.63. The summed E-state index contributed by atoms with van der Waals surface area (Å²) in [5.74, 6) is 0.513. The lowest BCUT2D eigenvalue weighted by atomic mass is 9.87. The zero-order valence-corrected chi connectivity index (χ0v) is 25.6. The van der Waals surface area contributed by atoms with Crippen molar-refractivity contribution in [3.63, 3.8) is 0 Å². The number of halogens is 3. The molecule has 0 amide bonds. The van der Waals surface area contributed by atoms with E-state index >= 15 is 0 Å². The third kappa shape index (κ3) is 9.29. The molecule has 3 aromatic rings. The minimum atomic E-state index is -4.53. The van der Waals surface area contributed by atoms with Crippen molar-refractivity contribution >= 4 is 17.2 Å². The molecule has 0 saturated heterocycles. The van der Waals surface area contributed by atoms with Crippen LogP contribution in [0, 0.1) is 0 Å². The van der Waals surface area contributed by atoms with E-state index in [1.54, 1.807) is 12.1 Å². The first kappa shape index (κ1) is 33.1. The van der Waals surface area contributed by atoms with E-state index in [9.17, 15) is 13.2 Å². The quantitative estimate of drug-likeness (QED) is 0.0992. The first-order valence-corrected chi connectivity index (χ1v) is 14.5. The van der Waals surface area contributed by atoms with E-state index in [0.717, 1.165) is 37.8 Å². The Bertz CT molecular complexity index is 1310. The molecule has 1 atom stereocenters. The van der Waals surface area contributed by atoms with Gasteiger partial charge in [-0.25, -0.2) is 0 Å². The molecule has 6 nitrogen and oxygen atoms in total. The molecule has 228 valence electrons. The summed E-state index contributed by atoms with van der Waals surface area (Å²) in [6.45, 7) is 16.6. The lowest BCUT2D eigenvalue weighted by molar-refractivity contribution is -0.137. The Balaban J connectivity index is 1.85. The normalized spacial score (nSPS) is 13.4. The van der Waals surface area contributed by atoms with Crippen LogP contribution in [0.2, 0.25) is 0 Å². The SMILES string of the molecule is CCN(CC)CC[C@@H](C)OCCN=C(Nc1ccc(C(C)(C)C)cc1)c1ccc(-c2ncccc2C(F)(F)F)cc1N. The number of aromatic nitrogens is 1. The van der Waals surface area contributed by atoms with Crippen molar-refractivity contribution < 1.29 is 17.9 Å². The molecule has 0 radical (unpaired) electrons. The van der Waals surface area contributed by atoms with Crippen LogP contribution in [-0.4, -0.2) is 54.6 Å². The fourth-order valence-corrected chi connectivity index (χ4v) is 4.57. The number of pyridine rings is 1. The lowest BCUT2D eigenvalue weighted by Gasteiger charge is -2.21. The summed E-state index contributed by atoms with van der Waals surface area (Å²) in [6, 6.07) is 15.2. The Hall–Kier alpha value is -3.43. The minimum Gasteiger partial charge on any atom is -0.398 e. The number of nitrogens with two attached hydrogens (primary N) is 1. The molecule has 0 saturated carbocycles. The average Bonchev–Trinajstić information content (AvgIpc) is 2.94. The number of ether oxygens (including phenoxy) is 1. The minimum absolute atomic E-state index is 0.00969. The van der Waals surface area contributed by atoms with Crippen LogP contribution in [0.1, 0.15) is 64.7 Å². The van der Waals surface area contributed by atoms with Gasteiger partial charge in [-0.3, -0.25) is 9.98 Å². The fourth-order valence-electron chi connectivity index (χ4n) is 4.57. The molecule has 0 aliphatic carbocycles. The number of nitrogen functional groups attached to an aromatic ring is 1. The Morgan fingerprint density at radius 1 is 1.05 bits per heavy atom. The Labute approximate surface area is 248 Å². The molecule has 0 spiro atoms. The highest BCUT2D eigenvalue weighted by Gasteiger charge is 2.34. The van der Waals surface area contributed by atoms with E-state index in [1.807, 2.05) is 12.1 Å². The molecular formula is C33H44F3N5O. The summed E-state index contributed by atoms with van der Waals surface area (Å²) in [6.07, 6.45) is -2.17. The molecule has 3 rings (SSSR count). The summed E-state index contributed by atoms with van der Waals surface area (Å²) in [5, 5.41) is 3.37. The molecule has 0 aliphatic heterocycles. The van der Waals surface area contributed by atoms with Crippen LogP contribution < -0.4 is 11.1 Å². The molecule has 0 fully saturated rings. The molecule has 2 aromatic carbocycles. The maximum atomic E-state index is 13.6. The van der Waals surface area contributed by atoms with Gasteiger partial charge in [0, 0.05) is 35.2 Å². The monoisotopic (exact) mass is 583 g/mol. The topological polar surface area (TPSA) is 75.8 Å². The molecule has 1 aromatic heterocycles. The van der Waals surface area contributed by atoms with E-state index in [2.05, 4.69) is 68.9 Å². The molecular weight excluding hydrogens is 539 g/mol. The van der Waals surface area contributed by atoms with Gasteiger partial charge in [-0.05, 0) is 73.8 Å². The number of rotatable bonds is 12. The molecule has 9 heteroatoms. The third-order valence-electron chi connectivity index (χ3n) is 7.22. The van der Waals surface area contributed by atoms with Crippen LogP contribution >= 0.6 is 0 Å². The van der Waals surface area contributed by atoms with Gasteiger partial charge in [0.2, 0.25) is 0 Å². The van der Waals surface area contributed by atoms with Gasteiger partial charge in [-0.2, -0.15) is 13.2 Å². The molecule has 42 heavy (non-hydrogen) atoms. The number of amidine groups is 1. The zero-order valence-electron chi connectivity index (χ0n) is 25.6. The number of nitrogens with one attached hydrogen (secondary N) is 1. The predicted octanol–water partition coefficient (Wildman–Crippen LogP) is 7.64. The molecule has 1 heterocycles. The van der Waals surface area contributed by atoms with Crippen molar-refractivity contribution in [2.24, 2.45) is 4.99 Å². The summed E-state index contributed by atoms with van der Waals surface area (Å²) in [4.78, 5) is 11.1. The van der Waals surface area contributed by atoms with Crippen LogP contribution in [0.4, 0.5) is 24.5 Å². The molecule has 0 bridgehead atoms. The first-order chi connectivity index (χ1) is 19.8. The summed E-state index contributed by atoms with van der Waals surface area (Å²) >= 11 is 0. The second kappa shape index (κ2) is 14.6. The number of aliphatic imine (C=N–C) groups is 1. The molecule has 0 unspecified atom stereocenters. The third-order valence-corrected chi connectivity index (χ3v) is 7.22. The highest BCUT2D eigenvalue weighted by molar-refractivity contribution is 6.11. The van der Waals surface area contributed by atoms with Crippen molar-refractivity contribution in [1.82, 2.24) is 9.88 Å². The van der Waals surface area contributed by atoms with E-state index in [0.29, 0.717) is 24.6 Å². The van der Waals surface area contributed by atoms with E-state index < -0.39 is 11.7 Å². The summed E-state index contributed by atoms with van der Waals surface area (Å²) in [7, 11) is 0. The number of alkyl halides is 3. The summed E-state index contributed by atoms with van der Waals surface area (Å²) < 4.78 is 46.9. The van der Waals surface area contributed by atoms with Gasteiger partial charge in [0.25, 0.3) is 0 Å². The maximum Gasteiger partial charge on any atom is 0.418 e. The molecule has 0 aliphatic rings. The van der Waals surface area contributed by atoms with Gasteiger partial charge in [0.1, 0.15) is 5.84 Å². The van der Waals surface area contributed by atoms with Crippen LogP contribution in [0.5, 0.6) is 0 Å². The number of benzene rings is 2. The number of anilines is 2. The number of nitrogens with zero attached hydrogens (tertiary/aromatic N) is 3. The van der Waals surface area contributed by atoms with Gasteiger partial charge in [0.05, 0.1) is 30.5 Å². The standard InChI is InChI=1S/C33H44F3N5O/c1-7-41(8-2)20-17-23(3)42-21-19-39-31(40-26-14-12-25(13-15-26)32(4,5)6)27-16-11-24(22-29(27)37)30-28(33(34,35)36)10-9-18-38-30/h9-16,18,22-23H,7-8,17,19-21,37H2,1-6H3,(H,39,40)/t23-/m1/s1. The van der Waals surface area contributed by atoms with Crippen LogP contribution in [-0.2, 0) is 16.3 Å². The highest BCUT2D eigenvalue weighted by atomic mass is 19.4. The largest absolute Gasteiger partial charge is 0.418 e. The second-order valence-corrected chi connectivity index (χ2v) is 11.4. The van der Waals surface area contributed by atoms with Crippen molar-refractivity contribution in [2.45, 2.75) is 65.7 Å². The number of hydrogen-bond donors (Lipinski definition) is 2. The Morgan fingerprint density at radius 3 is 2.33 bits per heavy atom. The van der Waals surface area contributed by atoms with Crippen LogP contribution in [0.15, 0.2) is 65.8 Å². The average molecular weight is 584 g/mol. The van der Waals surface area contributed by atoms with Crippen LogP contribution in [0.3, 0.4) is 0 Å². The zero-order chi connectivity index (χ0) is 30.9. The van der Waals surface area contributed by atoms with Gasteiger partial charge in [-0.1, -0.05) is 52.8 Å². The van der Waals surface area contributed by atoms with Crippen molar-refractivity contribution in [3.8, 4) is 11.3 Å². The Kier molecular flexibility index (Phi) is 11.5. The van der Waals surface area contributed by atoms with E-state index in [4.69, 9.17) is 15.5 Å². The second-order valence-electron chi connectivity index (χ2n) is 11.4. The highest BCUT2D eigenvalue weighted by Crippen LogP contribution is 2.36. The van der Waals surface area contributed by atoms with Gasteiger partial charge < -0.3 is 20.7 Å². The van der Waals surface area contributed by atoms with Crippen molar-refractivity contribution in [3.05, 3.63) is 77.5 Å². The van der Waals surface area contributed by atoms with Crippen molar-refractivity contribution in [1.29, 1.82) is 0 Å². The maximum absolute atomic E-state index is 13.6. The van der Waals surface area contributed by atoms with Gasteiger partial charge >= 0.3 is 6.18 Å². The first-order valence-electron chi connectivity index (χ1n) is 14.5. The lowest BCUT2D eigenvalue weighted by Crippen LogP contribution is -2.27. The van der Waals surface area contributed by atoms with Crippen molar-refractivity contribution in [2.75, 3.05) is 43.8 Å². The van der Waals surface area contributed by atoms with Gasteiger partial charge in [-0.15, -0.1) is 0 Å². The Morgan fingerprint density at radius 2 is 1.74 bits per heavy atom. The fraction of sp³-hybridized carbons (Fsp3) is 0.455.